The Morgan fingerprint density at radius 1 is 0.778 bits per heavy atom. The summed E-state index contributed by atoms with van der Waals surface area (Å²) in [6.45, 7) is 0. The van der Waals surface area contributed by atoms with E-state index in [1.807, 2.05) is 0 Å². The molecule has 4 rings (SSSR count). The fourth-order valence-corrected chi connectivity index (χ4v) is 2.86. The summed E-state index contributed by atoms with van der Waals surface area (Å²) in [5.41, 5.74) is 3.92. The van der Waals surface area contributed by atoms with Crippen molar-refractivity contribution < 1.29 is 0 Å². The maximum atomic E-state index is 2.30. The van der Waals surface area contributed by atoms with E-state index < -0.39 is 0 Å². The van der Waals surface area contributed by atoms with Gasteiger partial charge in [-0.1, -0.05) is 42.5 Å². The minimum Gasteiger partial charge on any atom is -0.344 e. The molecule has 1 aliphatic heterocycles. The van der Waals surface area contributed by atoms with Crippen LogP contribution in [0.15, 0.2) is 60.7 Å². The Balaban J connectivity index is 2.29. The van der Waals surface area contributed by atoms with Gasteiger partial charge in [0.05, 0.1) is 0 Å². The van der Waals surface area contributed by atoms with Crippen molar-refractivity contribution in [3.05, 3.63) is 60.7 Å². The lowest BCUT2D eigenvalue weighted by atomic mass is 10.1. The molecule has 1 heterocycles. The maximum Gasteiger partial charge on any atom is 0.0494 e. The van der Waals surface area contributed by atoms with Crippen LogP contribution < -0.4 is 0 Å². The summed E-state index contributed by atoms with van der Waals surface area (Å²) >= 11 is 0. The topological polar surface area (TPSA) is 4.93 Å². The number of nitrogens with zero attached hydrogens (tertiary/aromatic N) is 1. The van der Waals surface area contributed by atoms with Crippen LogP contribution in [-0.2, 0) is 7.05 Å². The van der Waals surface area contributed by atoms with Crippen molar-refractivity contribution in [1.82, 2.24) is 4.57 Å². The van der Waals surface area contributed by atoms with Gasteiger partial charge in [0.25, 0.3) is 0 Å². The second kappa shape index (κ2) is 3.36. The highest BCUT2D eigenvalue weighted by atomic mass is 14.9. The van der Waals surface area contributed by atoms with E-state index in [-0.39, 0.29) is 0 Å². The van der Waals surface area contributed by atoms with E-state index in [0.717, 1.165) is 0 Å². The predicted octanol–water partition coefficient (Wildman–Crippen LogP) is 4.44. The SMILES string of the molecule is Cn1c2cc3ccccc3c-2cc2ccccc21. The highest BCUT2D eigenvalue weighted by molar-refractivity contribution is 6.04. The van der Waals surface area contributed by atoms with E-state index in [0.29, 0.717) is 0 Å². The number of hydrogen-bond acceptors (Lipinski definition) is 0. The van der Waals surface area contributed by atoms with Gasteiger partial charge in [-0.05, 0) is 34.4 Å². The molecule has 2 aliphatic rings. The third-order valence-electron chi connectivity index (χ3n) is 3.78. The molecule has 0 saturated carbocycles. The highest BCUT2D eigenvalue weighted by Crippen LogP contribution is 2.36. The number of pyridine rings is 1. The van der Waals surface area contributed by atoms with Crippen LogP contribution in [0.4, 0.5) is 0 Å². The molecule has 2 aromatic rings. The number of benzene rings is 2. The van der Waals surface area contributed by atoms with Crippen molar-refractivity contribution in [2.24, 2.45) is 7.05 Å². The van der Waals surface area contributed by atoms with Crippen molar-refractivity contribution in [1.29, 1.82) is 0 Å². The van der Waals surface area contributed by atoms with Gasteiger partial charge in [-0.15, -0.1) is 0 Å². The van der Waals surface area contributed by atoms with Crippen LogP contribution in [-0.4, -0.2) is 4.57 Å². The van der Waals surface area contributed by atoms with E-state index in [4.69, 9.17) is 0 Å². The van der Waals surface area contributed by atoms with Gasteiger partial charge in [-0.3, -0.25) is 0 Å². The molecule has 1 nitrogen and oxygen atoms in total. The zero-order chi connectivity index (χ0) is 12.1. The van der Waals surface area contributed by atoms with Gasteiger partial charge in [0.1, 0.15) is 0 Å². The minimum atomic E-state index is 1.28. The molecule has 0 atom stereocenters. The molecule has 0 N–H and O–H groups in total. The third kappa shape index (κ3) is 1.16. The minimum absolute atomic E-state index is 1.28. The quantitative estimate of drug-likeness (QED) is 0.421. The molecule has 18 heavy (non-hydrogen) atoms. The van der Waals surface area contributed by atoms with Gasteiger partial charge >= 0.3 is 0 Å². The van der Waals surface area contributed by atoms with Gasteiger partial charge in [-0.2, -0.15) is 0 Å². The monoisotopic (exact) mass is 231 g/mol. The summed E-state index contributed by atoms with van der Waals surface area (Å²) < 4.78 is 2.28. The van der Waals surface area contributed by atoms with E-state index >= 15 is 0 Å². The number of rotatable bonds is 0. The van der Waals surface area contributed by atoms with Crippen LogP contribution in [0.25, 0.3) is 32.9 Å². The number of hydrogen-bond donors (Lipinski definition) is 0. The van der Waals surface area contributed by atoms with Crippen LogP contribution in [0.3, 0.4) is 0 Å². The summed E-state index contributed by atoms with van der Waals surface area (Å²) in [6.07, 6.45) is 0. The molecule has 0 saturated heterocycles. The number of aromatic nitrogens is 1. The lowest BCUT2D eigenvalue weighted by Crippen LogP contribution is -1.97. The molecule has 0 fully saturated rings. The van der Waals surface area contributed by atoms with Gasteiger partial charge < -0.3 is 4.57 Å². The lowest BCUT2D eigenvalue weighted by Gasteiger charge is -2.12. The third-order valence-corrected chi connectivity index (χ3v) is 3.78. The Bertz CT molecular complexity index is 839. The van der Waals surface area contributed by atoms with E-state index in [1.165, 1.54) is 32.9 Å². The highest BCUT2D eigenvalue weighted by Gasteiger charge is 2.13. The Hall–Kier alpha value is -2.28. The van der Waals surface area contributed by atoms with Crippen molar-refractivity contribution in [2.75, 3.05) is 0 Å². The second-order valence-electron chi connectivity index (χ2n) is 4.79. The molecule has 0 bridgehead atoms. The van der Waals surface area contributed by atoms with Gasteiger partial charge in [0.15, 0.2) is 0 Å². The summed E-state index contributed by atoms with van der Waals surface area (Å²) in [5.74, 6) is 0. The Labute approximate surface area is 106 Å². The van der Waals surface area contributed by atoms with Crippen LogP contribution >= 0.6 is 0 Å². The van der Waals surface area contributed by atoms with E-state index in [2.05, 4.69) is 72.3 Å². The van der Waals surface area contributed by atoms with Crippen molar-refractivity contribution >= 4 is 21.7 Å². The average molecular weight is 231 g/mol. The average Bonchev–Trinajstić information content (AvgIpc) is 2.79. The molecule has 1 aliphatic carbocycles. The molecular weight excluding hydrogens is 218 g/mol. The van der Waals surface area contributed by atoms with E-state index in [1.54, 1.807) is 0 Å². The molecule has 0 radical (unpaired) electrons. The maximum absolute atomic E-state index is 2.30. The number of aryl methyl sites for hydroxylation is 1. The molecule has 86 valence electrons. The Morgan fingerprint density at radius 2 is 1.50 bits per heavy atom. The van der Waals surface area contributed by atoms with Crippen LogP contribution in [0.2, 0.25) is 0 Å². The number of para-hydroxylation sites is 1. The van der Waals surface area contributed by atoms with Crippen LogP contribution in [0, 0.1) is 0 Å². The Morgan fingerprint density at radius 3 is 2.39 bits per heavy atom. The first kappa shape index (κ1) is 9.72. The van der Waals surface area contributed by atoms with Gasteiger partial charge in [-0.25, -0.2) is 0 Å². The fraction of sp³-hybridized carbons (Fsp3) is 0.0588. The molecule has 0 aromatic heterocycles. The van der Waals surface area contributed by atoms with Gasteiger partial charge in [0.2, 0.25) is 0 Å². The first-order valence-electron chi connectivity index (χ1n) is 6.20. The van der Waals surface area contributed by atoms with Crippen molar-refractivity contribution in [2.45, 2.75) is 0 Å². The zero-order valence-electron chi connectivity index (χ0n) is 10.2. The molecule has 1 heteroatoms. The fourth-order valence-electron chi connectivity index (χ4n) is 2.86. The summed E-state index contributed by atoms with van der Waals surface area (Å²) in [4.78, 5) is 0. The number of fused-ring (bicyclic) bond motifs is 4. The zero-order valence-corrected chi connectivity index (χ0v) is 10.2. The first-order valence-corrected chi connectivity index (χ1v) is 6.20. The van der Waals surface area contributed by atoms with Gasteiger partial charge in [0, 0.05) is 23.8 Å². The summed E-state index contributed by atoms with van der Waals surface area (Å²) in [6, 6.07) is 21.7. The summed E-state index contributed by atoms with van der Waals surface area (Å²) in [7, 11) is 2.14. The standard InChI is InChI=1S/C17H13N/c1-18-16-9-5-3-7-13(16)10-15-14-8-4-2-6-12(14)11-17(15)18/h2-11H,1H3. The predicted molar refractivity (Wildman–Crippen MR) is 77.0 cm³/mol. The van der Waals surface area contributed by atoms with Crippen molar-refractivity contribution in [3.63, 3.8) is 0 Å². The largest absolute Gasteiger partial charge is 0.344 e. The van der Waals surface area contributed by atoms with Crippen molar-refractivity contribution in [3.8, 4) is 11.3 Å². The first-order chi connectivity index (χ1) is 8.84. The molecule has 2 aromatic carbocycles. The molecular formula is C17H13N. The molecule has 0 amide bonds. The van der Waals surface area contributed by atoms with Crippen LogP contribution in [0.1, 0.15) is 0 Å². The van der Waals surface area contributed by atoms with Crippen LogP contribution in [0.5, 0.6) is 0 Å². The summed E-state index contributed by atoms with van der Waals surface area (Å²) in [5, 5.41) is 3.95. The lowest BCUT2D eigenvalue weighted by molar-refractivity contribution is 0.967. The smallest absolute Gasteiger partial charge is 0.0494 e. The second-order valence-corrected chi connectivity index (χ2v) is 4.79. The molecule has 0 unspecified atom stereocenters. The Kier molecular flexibility index (Phi) is 1.81. The normalized spacial score (nSPS) is 11.6. The molecule has 0 spiro atoms. The van der Waals surface area contributed by atoms with E-state index in [9.17, 15) is 0 Å².